The third-order valence-corrected chi connectivity index (χ3v) is 6.58. The fourth-order valence-corrected chi connectivity index (χ4v) is 5.55. The first kappa shape index (κ1) is 9.57. The lowest BCUT2D eigenvalue weighted by Crippen LogP contribution is -2.30. The van der Waals surface area contributed by atoms with Crippen LogP contribution in [-0.4, -0.2) is 31.1 Å². The van der Waals surface area contributed by atoms with Crippen molar-refractivity contribution in [3.8, 4) is 0 Å². The topological polar surface area (TPSA) is 24.1 Å². The molecule has 2 aliphatic heterocycles. The van der Waals surface area contributed by atoms with Crippen LogP contribution < -0.4 is 10.6 Å². The van der Waals surface area contributed by atoms with Gasteiger partial charge in [-0.05, 0) is 43.8 Å². The normalized spacial score (nSPS) is 57.9. The van der Waals surface area contributed by atoms with E-state index in [9.17, 15) is 0 Å². The van der Waals surface area contributed by atoms with Crippen LogP contribution >= 0.6 is 8.58 Å². The van der Waals surface area contributed by atoms with E-state index < -0.39 is 0 Å². The van der Waals surface area contributed by atoms with E-state index in [0.29, 0.717) is 5.41 Å². The lowest BCUT2D eigenvalue weighted by Gasteiger charge is -2.21. The molecule has 0 radical (unpaired) electrons. The van der Waals surface area contributed by atoms with Crippen LogP contribution in [0.3, 0.4) is 0 Å². The van der Waals surface area contributed by atoms with Gasteiger partial charge in [0.15, 0.2) is 0 Å². The van der Waals surface area contributed by atoms with Crippen molar-refractivity contribution in [3.63, 3.8) is 0 Å². The van der Waals surface area contributed by atoms with Crippen LogP contribution in [0.1, 0.15) is 26.2 Å². The maximum absolute atomic E-state index is 3.80. The van der Waals surface area contributed by atoms with Gasteiger partial charge >= 0.3 is 0 Å². The van der Waals surface area contributed by atoms with Gasteiger partial charge in [-0.25, -0.2) is 0 Å². The van der Waals surface area contributed by atoms with Crippen LogP contribution in [-0.2, 0) is 0 Å². The summed E-state index contributed by atoms with van der Waals surface area (Å²) >= 11 is 0. The van der Waals surface area contributed by atoms with Crippen molar-refractivity contribution in [1.29, 1.82) is 0 Å². The SMILES string of the molecule is CNC1C2CC3CCC(N3)PCC21C. The molecule has 2 heterocycles. The van der Waals surface area contributed by atoms with Crippen molar-refractivity contribution in [1.82, 2.24) is 10.6 Å². The lowest BCUT2D eigenvalue weighted by atomic mass is 10.0. The van der Waals surface area contributed by atoms with E-state index >= 15 is 0 Å². The fraction of sp³-hybridized carbons (Fsp3) is 1.00. The van der Waals surface area contributed by atoms with E-state index in [1.165, 1.54) is 25.4 Å². The number of hydrogen-bond donors (Lipinski definition) is 2. The summed E-state index contributed by atoms with van der Waals surface area (Å²) in [5.74, 6) is 1.83. The molecule has 2 bridgehead atoms. The highest BCUT2D eigenvalue weighted by atomic mass is 31.1. The zero-order valence-corrected chi connectivity index (χ0v) is 10.1. The Hall–Kier alpha value is 0.350. The Kier molecular flexibility index (Phi) is 2.17. The molecule has 14 heavy (non-hydrogen) atoms. The summed E-state index contributed by atoms with van der Waals surface area (Å²) in [6.07, 6.45) is 5.74. The van der Waals surface area contributed by atoms with Gasteiger partial charge in [0.1, 0.15) is 0 Å². The third kappa shape index (κ3) is 1.27. The van der Waals surface area contributed by atoms with Gasteiger partial charge in [0.25, 0.3) is 0 Å². The summed E-state index contributed by atoms with van der Waals surface area (Å²) in [5.41, 5.74) is 0.649. The fourth-order valence-electron chi connectivity index (χ4n) is 3.65. The highest BCUT2D eigenvalue weighted by Crippen LogP contribution is 2.59. The number of hydrogen-bond acceptors (Lipinski definition) is 2. The second-order valence-corrected chi connectivity index (χ2v) is 6.95. The van der Waals surface area contributed by atoms with Gasteiger partial charge in [0.2, 0.25) is 0 Å². The average Bonchev–Trinajstić information content (AvgIpc) is 2.59. The quantitative estimate of drug-likeness (QED) is 0.641. The van der Waals surface area contributed by atoms with Crippen molar-refractivity contribution < 1.29 is 0 Å². The predicted molar refractivity (Wildman–Crippen MR) is 62.2 cm³/mol. The van der Waals surface area contributed by atoms with Gasteiger partial charge in [-0.3, -0.25) is 0 Å². The molecule has 0 amide bonds. The van der Waals surface area contributed by atoms with E-state index in [1.807, 2.05) is 0 Å². The highest BCUT2D eigenvalue weighted by Gasteiger charge is 2.61. The van der Waals surface area contributed by atoms with Crippen LogP contribution in [0.15, 0.2) is 0 Å². The van der Waals surface area contributed by atoms with E-state index in [2.05, 4.69) is 24.6 Å². The zero-order valence-electron chi connectivity index (χ0n) is 9.14. The minimum Gasteiger partial charge on any atom is -0.316 e. The Morgan fingerprint density at radius 3 is 3.07 bits per heavy atom. The molecule has 80 valence electrons. The summed E-state index contributed by atoms with van der Waals surface area (Å²) < 4.78 is 0. The average molecular weight is 212 g/mol. The monoisotopic (exact) mass is 212 g/mol. The Morgan fingerprint density at radius 2 is 2.29 bits per heavy atom. The molecule has 1 saturated carbocycles. The molecule has 3 heteroatoms. The molecular weight excluding hydrogens is 191 g/mol. The van der Waals surface area contributed by atoms with Crippen molar-refractivity contribution in [3.05, 3.63) is 0 Å². The molecule has 1 aliphatic carbocycles. The molecule has 0 spiro atoms. The van der Waals surface area contributed by atoms with E-state index in [1.54, 1.807) is 0 Å². The summed E-state index contributed by atoms with van der Waals surface area (Å²) in [6.45, 7) is 2.50. The second-order valence-electron chi connectivity index (χ2n) is 5.49. The maximum Gasteiger partial charge on any atom is 0.0243 e. The van der Waals surface area contributed by atoms with Crippen molar-refractivity contribution in [2.24, 2.45) is 11.3 Å². The van der Waals surface area contributed by atoms with Crippen LogP contribution in [0.25, 0.3) is 0 Å². The second kappa shape index (κ2) is 3.17. The van der Waals surface area contributed by atoms with Crippen LogP contribution in [0, 0.1) is 11.3 Å². The molecule has 2 N–H and O–H groups in total. The van der Waals surface area contributed by atoms with Gasteiger partial charge in [0, 0.05) is 17.9 Å². The molecule has 3 fully saturated rings. The first-order valence-electron chi connectivity index (χ1n) is 5.91. The predicted octanol–water partition coefficient (Wildman–Crippen LogP) is 1.37. The minimum atomic E-state index is 0.649. The number of fused-ring (bicyclic) bond motifs is 3. The van der Waals surface area contributed by atoms with Crippen molar-refractivity contribution in [2.45, 2.75) is 44.1 Å². The molecular formula is C11H21N2P. The highest BCUT2D eigenvalue weighted by molar-refractivity contribution is 7.38. The van der Waals surface area contributed by atoms with Crippen molar-refractivity contribution in [2.75, 3.05) is 13.2 Å². The molecule has 0 aromatic carbocycles. The van der Waals surface area contributed by atoms with E-state index in [0.717, 1.165) is 32.4 Å². The first-order valence-corrected chi connectivity index (χ1v) is 7.19. The Bertz CT molecular complexity index is 245. The summed E-state index contributed by atoms with van der Waals surface area (Å²) in [7, 11) is 3.29. The largest absolute Gasteiger partial charge is 0.316 e. The van der Waals surface area contributed by atoms with Crippen LogP contribution in [0.5, 0.6) is 0 Å². The summed E-state index contributed by atoms with van der Waals surface area (Å²) in [5, 5.41) is 7.31. The Morgan fingerprint density at radius 1 is 1.43 bits per heavy atom. The van der Waals surface area contributed by atoms with E-state index in [4.69, 9.17) is 0 Å². The molecule has 3 aliphatic rings. The van der Waals surface area contributed by atoms with Gasteiger partial charge in [-0.1, -0.05) is 6.92 Å². The van der Waals surface area contributed by atoms with Gasteiger partial charge in [-0.15, -0.1) is 8.58 Å². The zero-order chi connectivity index (χ0) is 9.76. The maximum atomic E-state index is 3.80. The molecule has 2 saturated heterocycles. The Labute approximate surface area is 88.4 Å². The van der Waals surface area contributed by atoms with Crippen LogP contribution in [0.4, 0.5) is 0 Å². The van der Waals surface area contributed by atoms with Gasteiger partial charge in [-0.2, -0.15) is 0 Å². The Balaban J connectivity index is 1.76. The summed E-state index contributed by atoms with van der Waals surface area (Å²) in [4.78, 5) is 0. The first-order chi connectivity index (χ1) is 6.74. The number of rotatable bonds is 1. The smallest absolute Gasteiger partial charge is 0.0243 e. The van der Waals surface area contributed by atoms with Gasteiger partial charge in [0.05, 0.1) is 0 Å². The molecule has 0 aromatic heterocycles. The van der Waals surface area contributed by atoms with Crippen LogP contribution in [0.2, 0.25) is 0 Å². The molecule has 0 aromatic rings. The van der Waals surface area contributed by atoms with Gasteiger partial charge < -0.3 is 10.6 Å². The lowest BCUT2D eigenvalue weighted by molar-refractivity contribution is 0.450. The van der Waals surface area contributed by atoms with Crippen molar-refractivity contribution >= 4 is 8.58 Å². The minimum absolute atomic E-state index is 0.649. The summed E-state index contributed by atoms with van der Waals surface area (Å²) in [6, 6.07) is 1.66. The molecule has 2 nitrogen and oxygen atoms in total. The standard InChI is InChI=1S/C11H21N2P/c1-11-6-14-9-4-3-7(13-9)5-8(11)10(11)12-2/h7-10,12-14H,3-6H2,1-2H3. The molecule has 3 rings (SSSR count). The third-order valence-electron chi connectivity index (χ3n) is 4.67. The molecule has 6 unspecified atom stereocenters. The molecule has 6 atom stereocenters. The van der Waals surface area contributed by atoms with E-state index in [-0.39, 0.29) is 0 Å². The number of nitrogens with one attached hydrogen (secondary N) is 2.